The summed E-state index contributed by atoms with van der Waals surface area (Å²) >= 11 is 0. The van der Waals surface area contributed by atoms with Gasteiger partial charge in [0.25, 0.3) is 5.91 Å². The van der Waals surface area contributed by atoms with Gasteiger partial charge in [0.15, 0.2) is 0 Å². The third-order valence-corrected chi connectivity index (χ3v) is 6.22. The van der Waals surface area contributed by atoms with E-state index in [1.165, 1.54) is 4.90 Å². The second-order valence-electron chi connectivity index (χ2n) is 11.0. The smallest absolute Gasteiger partial charge is 0.408 e. The zero-order chi connectivity index (χ0) is 28.7. The van der Waals surface area contributed by atoms with Crippen LogP contribution in [0.2, 0.25) is 0 Å². The van der Waals surface area contributed by atoms with Crippen molar-refractivity contribution >= 4 is 23.6 Å². The molecule has 0 aromatic heterocycles. The Kier molecular flexibility index (Phi) is 9.51. The Balaban J connectivity index is 1.99. The molecule has 0 fully saturated rings. The number of hydrogen-bond acceptors (Lipinski definition) is 4. The van der Waals surface area contributed by atoms with Crippen LogP contribution in [-0.2, 0) is 20.7 Å². The molecule has 0 bridgehead atoms. The van der Waals surface area contributed by atoms with Crippen molar-refractivity contribution in [2.24, 2.45) is 0 Å². The van der Waals surface area contributed by atoms with Crippen LogP contribution in [0, 0.1) is 20.8 Å². The van der Waals surface area contributed by atoms with Crippen molar-refractivity contribution in [3.05, 3.63) is 101 Å². The molecular weight excluding hydrogens is 490 g/mol. The van der Waals surface area contributed by atoms with Crippen molar-refractivity contribution in [3.63, 3.8) is 0 Å². The number of nitrogens with one attached hydrogen (secondary N) is 2. The Morgan fingerprint density at radius 2 is 1.46 bits per heavy atom. The summed E-state index contributed by atoms with van der Waals surface area (Å²) < 4.78 is 5.45. The van der Waals surface area contributed by atoms with Crippen LogP contribution >= 0.6 is 0 Å². The Bertz CT molecular complexity index is 1290. The van der Waals surface area contributed by atoms with Gasteiger partial charge in [-0.2, -0.15) is 0 Å². The number of amides is 3. The number of para-hydroxylation sites is 1. The van der Waals surface area contributed by atoms with Gasteiger partial charge in [0.2, 0.25) is 5.91 Å². The lowest BCUT2D eigenvalue weighted by Crippen LogP contribution is -2.52. The maximum atomic E-state index is 14.0. The molecule has 2 unspecified atom stereocenters. The van der Waals surface area contributed by atoms with Gasteiger partial charge in [0.05, 0.1) is 0 Å². The van der Waals surface area contributed by atoms with E-state index in [0.717, 1.165) is 22.3 Å². The van der Waals surface area contributed by atoms with Crippen LogP contribution in [0.15, 0.2) is 72.8 Å². The predicted molar refractivity (Wildman–Crippen MR) is 155 cm³/mol. The van der Waals surface area contributed by atoms with Gasteiger partial charge in [0.1, 0.15) is 17.7 Å². The quantitative estimate of drug-likeness (QED) is 0.381. The third-order valence-electron chi connectivity index (χ3n) is 6.22. The van der Waals surface area contributed by atoms with E-state index in [1.807, 2.05) is 93.6 Å². The van der Waals surface area contributed by atoms with Crippen molar-refractivity contribution in [1.82, 2.24) is 10.2 Å². The number of likely N-dealkylation sites (N-methyl/N-ethyl adjacent to an activating group) is 1. The molecule has 3 rings (SSSR count). The standard InChI is InChI=1S/C32H39N3O4/c1-21-17-22(2)19-25(18-21)28(29(36)33-26-16-12-11-13-23(26)3)35(7)30(37)27(20-24-14-9-8-10-15-24)34-31(38)39-32(4,5)6/h8-19,27-28H,20H2,1-7H3,(H,33,36)(H,34,38). The summed E-state index contributed by atoms with van der Waals surface area (Å²) in [5.74, 6) is -0.755. The largest absolute Gasteiger partial charge is 0.444 e. The Hall–Kier alpha value is -4.13. The highest BCUT2D eigenvalue weighted by molar-refractivity contribution is 5.99. The SMILES string of the molecule is Cc1cc(C)cc(C(C(=O)Nc2ccccc2C)N(C)C(=O)C(Cc2ccccc2)NC(=O)OC(C)(C)C)c1. The van der Waals surface area contributed by atoms with Gasteiger partial charge >= 0.3 is 6.09 Å². The molecule has 2 N–H and O–H groups in total. The number of aryl methyl sites for hydroxylation is 3. The van der Waals surface area contributed by atoms with Gasteiger partial charge in [-0.1, -0.05) is 77.9 Å². The van der Waals surface area contributed by atoms with E-state index < -0.39 is 29.7 Å². The minimum absolute atomic E-state index is 0.238. The van der Waals surface area contributed by atoms with Crippen LogP contribution in [0.1, 0.15) is 54.6 Å². The van der Waals surface area contributed by atoms with Gasteiger partial charge in [0, 0.05) is 19.2 Å². The molecule has 3 aromatic carbocycles. The number of ether oxygens (including phenoxy) is 1. The van der Waals surface area contributed by atoms with E-state index in [9.17, 15) is 14.4 Å². The second kappa shape index (κ2) is 12.6. The second-order valence-corrected chi connectivity index (χ2v) is 11.0. The monoisotopic (exact) mass is 529 g/mol. The number of anilines is 1. The maximum absolute atomic E-state index is 14.0. The molecule has 0 saturated carbocycles. The minimum Gasteiger partial charge on any atom is -0.444 e. The van der Waals surface area contributed by atoms with Crippen LogP contribution in [0.3, 0.4) is 0 Å². The van der Waals surface area contributed by atoms with E-state index in [1.54, 1.807) is 27.8 Å². The summed E-state index contributed by atoms with van der Waals surface area (Å²) in [5.41, 5.74) is 4.36. The van der Waals surface area contributed by atoms with E-state index in [2.05, 4.69) is 10.6 Å². The minimum atomic E-state index is -0.952. The Labute approximate surface area is 231 Å². The lowest BCUT2D eigenvalue weighted by molar-refractivity contribution is -0.139. The van der Waals surface area contributed by atoms with Crippen LogP contribution in [0.5, 0.6) is 0 Å². The fraction of sp³-hybridized carbons (Fsp3) is 0.344. The first-order chi connectivity index (χ1) is 18.3. The van der Waals surface area contributed by atoms with Gasteiger partial charge in [-0.15, -0.1) is 0 Å². The van der Waals surface area contributed by atoms with Crippen LogP contribution in [0.25, 0.3) is 0 Å². The summed E-state index contributed by atoms with van der Waals surface area (Å²) in [6, 6.07) is 20.9. The van der Waals surface area contributed by atoms with Crippen molar-refractivity contribution in [2.75, 3.05) is 12.4 Å². The molecule has 7 nitrogen and oxygen atoms in total. The number of benzene rings is 3. The summed E-state index contributed by atoms with van der Waals surface area (Å²) in [5, 5.41) is 5.74. The normalized spacial score (nSPS) is 12.7. The molecule has 3 amide bonds. The average Bonchev–Trinajstić information content (AvgIpc) is 2.83. The summed E-state index contributed by atoms with van der Waals surface area (Å²) in [6.45, 7) is 11.1. The topological polar surface area (TPSA) is 87.7 Å². The van der Waals surface area contributed by atoms with Crippen LogP contribution < -0.4 is 10.6 Å². The predicted octanol–water partition coefficient (Wildman–Crippen LogP) is 5.89. The van der Waals surface area contributed by atoms with Crippen molar-refractivity contribution in [2.45, 2.75) is 65.6 Å². The number of hydrogen-bond donors (Lipinski definition) is 2. The molecule has 7 heteroatoms. The number of carbonyl (C=O) groups excluding carboxylic acids is 3. The summed E-state index contributed by atoms with van der Waals surface area (Å²) in [6.07, 6.45) is -0.458. The van der Waals surface area contributed by atoms with E-state index in [-0.39, 0.29) is 12.3 Å². The van der Waals surface area contributed by atoms with E-state index in [4.69, 9.17) is 4.74 Å². The lowest BCUT2D eigenvalue weighted by atomic mass is 9.98. The van der Waals surface area contributed by atoms with Crippen LogP contribution in [-0.4, -0.2) is 41.5 Å². The van der Waals surface area contributed by atoms with E-state index in [0.29, 0.717) is 11.3 Å². The summed E-state index contributed by atoms with van der Waals surface area (Å²) in [4.78, 5) is 42.0. The zero-order valence-corrected chi connectivity index (χ0v) is 23.9. The van der Waals surface area contributed by atoms with Crippen molar-refractivity contribution in [3.8, 4) is 0 Å². The molecule has 0 aliphatic rings. The molecule has 0 saturated heterocycles. The van der Waals surface area contributed by atoms with Gasteiger partial charge < -0.3 is 20.3 Å². The number of carbonyl (C=O) groups is 3. The highest BCUT2D eigenvalue weighted by Crippen LogP contribution is 2.26. The first kappa shape index (κ1) is 29.4. The van der Waals surface area contributed by atoms with Gasteiger partial charge in [-0.05, 0) is 64.3 Å². The molecule has 2 atom stereocenters. The number of rotatable bonds is 8. The number of nitrogens with zero attached hydrogens (tertiary/aromatic N) is 1. The Morgan fingerprint density at radius 1 is 0.872 bits per heavy atom. The first-order valence-corrected chi connectivity index (χ1v) is 13.1. The zero-order valence-electron chi connectivity index (χ0n) is 23.9. The van der Waals surface area contributed by atoms with E-state index >= 15 is 0 Å². The molecule has 0 aliphatic heterocycles. The molecule has 0 spiro atoms. The van der Waals surface area contributed by atoms with Crippen LogP contribution in [0.4, 0.5) is 10.5 Å². The molecule has 0 aliphatic carbocycles. The van der Waals surface area contributed by atoms with Crippen molar-refractivity contribution in [1.29, 1.82) is 0 Å². The summed E-state index contributed by atoms with van der Waals surface area (Å²) in [7, 11) is 1.59. The Morgan fingerprint density at radius 3 is 2.05 bits per heavy atom. The third kappa shape index (κ3) is 8.43. The number of alkyl carbamates (subject to hydrolysis) is 1. The molecular formula is C32H39N3O4. The highest BCUT2D eigenvalue weighted by atomic mass is 16.6. The first-order valence-electron chi connectivity index (χ1n) is 13.1. The maximum Gasteiger partial charge on any atom is 0.408 e. The van der Waals surface area contributed by atoms with Crippen molar-refractivity contribution < 1.29 is 19.1 Å². The molecule has 206 valence electrons. The van der Waals surface area contributed by atoms with Gasteiger partial charge in [-0.25, -0.2) is 4.79 Å². The average molecular weight is 530 g/mol. The fourth-order valence-electron chi connectivity index (χ4n) is 4.51. The molecule has 0 radical (unpaired) electrons. The molecule has 3 aromatic rings. The lowest BCUT2D eigenvalue weighted by Gasteiger charge is -2.32. The molecule has 0 heterocycles. The highest BCUT2D eigenvalue weighted by Gasteiger charge is 2.34. The fourth-order valence-corrected chi connectivity index (χ4v) is 4.51. The molecule has 39 heavy (non-hydrogen) atoms. The van der Waals surface area contributed by atoms with Gasteiger partial charge in [-0.3, -0.25) is 9.59 Å².